The molecule has 0 radical (unpaired) electrons. The first-order valence-corrected chi connectivity index (χ1v) is 4.24. The topological polar surface area (TPSA) is 74.6 Å². The number of Topliss-reactive ketones (excluding diaryl/α,β-unsaturated/α-hetero) is 1. The summed E-state index contributed by atoms with van der Waals surface area (Å²) in [5.41, 5.74) is -0.0577. The van der Waals surface area contributed by atoms with Crippen LogP contribution in [0, 0.1) is 5.82 Å². The van der Waals surface area contributed by atoms with Crippen LogP contribution in [0.2, 0.25) is 0 Å². The number of rotatable bonds is 4. The Morgan fingerprint density at radius 1 is 1.27 bits per heavy atom. The van der Waals surface area contributed by atoms with Crippen molar-refractivity contribution in [2.45, 2.75) is 12.8 Å². The van der Waals surface area contributed by atoms with Crippen molar-refractivity contribution in [3.8, 4) is 5.75 Å². The van der Waals surface area contributed by atoms with Crippen molar-refractivity contribution in [1.29, 1.82) is 0 Å². The molecule has 4 nitrogen and oxygen atoms in total. The Balaban J connectivity index is 2.78. The lowest BCUT2D eigenvalue weighted by atomic mass is 10.1. The van der Waals surface area contributed by atoms with Crippen molar-refractivity contribution < 1.29 is 24.2 Å². The monoisotopic (exact) mass is 212 g/mol. The SMILES string of the molecule is O=C(O)CCC(=O)c1ccc(F)cc1O. The van der Waals surface area contributed by atoms with E-state index in [2.05, 4.69) is 0 Å². The van der Waals surface area contributed by atoms with Crippen molar-refractivity contribution in [3.05, 3.63) is 29.6 Å². The van der Waals surface area contributed by atoms with E-state index >= 15 is 0 Å². The van der Waals surface area contributed by atoms with Gasteiger partial charge in [0.05, 0.1) is 12.0 Å². The zero-order valence-electron chi connectivity index (χ0n) is 7.74. The lowest BCUT2D eigenvalue weighted by Crippen LogP contribution is -2.04. The van der Waals surface area contributed by atoms with Gasteiger partial charge < -0.3 is 10.2 Å². The Labute approximate surface area is 85.0 Å². The average Bonchev–Trinajstić information content (AvgIpc) is 2.14. The second-order valence-corrected chi connectivity index (χ2v) is 2.98. The highest BCUT2D eigenvalue weighted by molar-refractivity contribution is 5.99. The average molecular weight is 212 g/mol. The van der Waals surface area contributed by atoms with Gasteiger partial charge in [-0.15, -0.1) is 0 Å². The minimum absolute atomic E-state index is 0.0577. The highest BCUT2D eigenvalue weighted by Crippen LogP contribution is 2.20. The summed E-state index contributed by atoms with van der Waals surface area (Å²) < 4.78 is 12.6. The molecule has 15 heavy (non-hydrogen) atoms. The normalized spacial score (nSPS) is 9.93. The molecule has 0 atom stereocenters. The molecule has 1 aromatic rings. The van der Waals surface area contributed by atoms with Gasteiger partial charge in [-0.25, -0.2) is 4.39 Å². The second kappa shape index (κ2) is 4.54. The Morgan fingerprint density at radius 2 is 1.93 bits per heavy atom. The number of aliphatic carboxylic acids is 1. The Bertz CT molecular complexity index is 400. The molecule has 1 aromatic carbocycles. The minimum atomic E-state index is -1.09. The summed E-state index contributed by atoms with van der Waals surface area (Å²) in [7, 11) is 0. The van der Waals surface area contributed by atoms with Gasteiger partial charge in [-0.3, -0.25) is 9.59 Å². The van der Waals surface area contributed by atoms with Crippen LogP contribution in [-0.2, 0) is 4.79 Å². The predicted octanol–water partition coefficient (Wildman–Crippen LogP) is 1.58. The molecule has 0 aliphatic carbocycles. The maximum Gasteiger partial charge on any atom is 0.303 e. The number of aromatic hydroxyl groups is 1. The Hall–Kier alpha value is -1.91. The number of hydrogen-bond acceptors (Lipinski definition) is 3. The molecule has 1 rings (SSSR count). The molecule has 0 aliphatic heterocycles. The fraction of sp³-hybridized carbons (Fsp3) is 0.200. The summed E-state index contributed by atoms with van der Waals surface area (Å²) in [6.45, 7) is 0. The lowest BCUT2D eigenvalue weighted by molar-refractivity contribution is -0.136. The van der Waals surface area contributed by atoms with Crippen LogP contribution >= 0.6 is 0 Å². The molecule has 0 saturated heterocycles. The number of carboxylic acids is 1. The van der Waals surface area contributed by atoms with Gasteiger partial charge in [-0.1, -0.05) is 0 Å². The zero-order valence-corrected chi connectivity index (χ0v) is 7.74. The van der Waals surface area contributed by atoms with Crippen LogP contribution in [0.3, 0.4) is 0 Å². The first kappa shape index (κ1) is 11.2. The molecule has 0 aliphatic rings. The number of benzene rings is 1. The number of carboxylic acid groups (broad SMARTS) is 1. The van der Waals surface area contributed by atoms with E-state index in [9.17, 15) is 19.1 Å². The molecule has 0 fully saturated rings. The molecule has 0 heterocycles. The number of carbonyl (C=O) groups is 2. The summed E-state index contributed by atoms with van der Waals surface area (Å²) in [5.74, 6) is -2.73. The van der Waals surface area contributed by atoms with Crippen molar-refractivity contribution >= 4 is 11.8 Å². The van der Waals surface area contributed by atoms with Crippen molar-refractivity contribution in [1.82, 2.24) is 0 Å². The summed E-state index contributed by atoms with van der Waals surface area (Å²) >= 11 is 0. The van der Waals surface area contributed by atoms with Crippen LogP contribution in [0.4, 0.5) is 4.39 Å². The molecule has 0 spiro atoms. The third-order valence-electron chi connectivity index (χ3n) is 1.83. The lowest BCUT2D eigenvalue weighted by Gasteiger charge is -2.02. The maximum atomic E-state index is 12.6. The Morgan fingerprint density at radius 3 is 2.47 bits per heavy atom. The third kappa shape index (κ3) is 3.05. The van der Waals surface area contributed by atoms with Crippen molar-refractivity contribution in [3.63, 3.8) is 0 Å². The molecular weight excluding hydrogens is 203 g/mol. The van der Waals surface area contributed by atoms with Gasteiger partial charge in [-0.2, -0.15) is 0 Å². The standard InChI is InChI=1S/C10H9FO4/c11-6-1-2-7(9(13)5-6)8(12)3-4-10(14)15/h1-2,5,13H,3-4H2,(H,14,15). The van der Waals surface area contributed by atoms with E-state index in [0.717, 1.165) is 18.2 Å². The predicted molar refractivity (Wildman–Crippen MR) is 49.3 cm³/mol. The van der Waals surface area contributed by atoms with Crippen LogP contribution in [0.15, 0.2) is 18.2 Å². The number of phenolic OH excluding ortho intramolecular Hbond substituents is 1. The van der Waals surface area contributed by atoms with Gasteiger partial charge in [0.25, 0.3) is 0 Å². The first-order chi connectivity index (χ1) is 7.00. The summed E-state index contributed by atoms with van der Waals surface area (Å²) in [6, 6.07) is 2.98. The summed E-state index contributed by atoms with van der Waals surface area (Å²) in [6.07, 6.45) is -0.524. The van der Waals surface area contributed by atoms with Gasteiger partial charge in [-0.05, 0) is 12.1 Å². The third-order valence-corrected chi connectivity index (χ3v) is 1.83. The number of halogens is 1. The van der Waals surface area contributed by atoms with Crippen LogP contribution in [-0.4, -0.2) is 22.0 Å². The van der Waals surface area contributed by atoms with Crippen molar-refractivity contribution in [2.24, 2.45) is 0 Å². The van der Waals surface area contributed by atoms with Crippen LogP contribution < -0.4 is 0 Å². The van der Waals surface area contributed by atoms with Crippen LogP contribution in [0.25, 0.3) is 0 Å². The van der Waals surface area contributed by atoms with E-state index < -0.39 is 23.3 Å². The molecule has 5 heteroatoms. The molecule has 0 saturated carbocycles. The number of ketones is 1. The first-order valence-electron chi connectivity index (χ1n) is 4.24. The molecule has 0 unspecified atom stereocenters. The van der Waals surface area contributed by atoms with Crippen molar-refractivity contribution in [2.75, 3.05) is 0 Å². The van der Waals surface area contributed by atoms with Crippen LogP contribution in [0.1, 0.15) is 23.2 Å². The number of carbonyl (C=O) groups excluding carboxylic acids is 1. The van der Waals surface area contributed by atoms with Crippen LogP contribution in [0.5, 0.6) is 5.75 Å². The Kier molecular flexibility index (Phi) is 3.38. The summed E-state index contributed by atoms with van der Waals surface area (Å²) in [4.78, 5) is 21.5. The molecule has 0 amide bonds. The molecule has 0 bridgehead atoms. The zero-order chi connectivity index (χ0) is 11.4. The van der Waals surface area contributed by atoms with E-state index in [4.69, 9.17) is 5.11 Å². The fourth-order valence-corrected chi connectivity index (χ4v) is 1.10. The van der Waals surface area contributed by atoms with E-state index in [1.807, 2.05) is 0 Å². The fourth-order valence-electron chi connectivity index (χ4n) is 1.10. The highest BCUT2D eigenvalue weighted by Gasteiger charge is 2.12. The number of phenols is 1. The second-order valence-electron chi connectivity index (χ2n) is 2.98. The van der Waals surface area contributed by atoms with E-state index in [1.54, 1.807) is 0 Å². The van der Waals surface area contributed by atoms with Gasteiger partial charge in [0.15, 0.2) is 5.78 Å². The smallest absolute Gasteiger partial charge is 0.303 e. The van der Waals surface area contributed by atoms with Gasteiger partial charge >= 0.3 is 5.97 Å². The maximum absolute atomic E-state index is 12.6. The van der Waals surface area contributed by atoms with E-state index in [0.29, 0.717) is 0 Å². The molecule has 2 N–H and O–H groups in total. The van der Waals surface area contributed by atoms with Gasteiger partial charge in [0, 0.05) is 12.5 Å². The minimum Gasteiger partial charge on any atom is -0.507 e. The van der Waals surface area contributed by atoms with Gasteiger partial charge in [0.1, 0.15) is 11.6 Å². The van der Waals surface area contributed by atoms with E-state index in [1.165, 1.54) is 0 Å². The van der Waals surface area contributed by atoms with Gasteiger partial charge in [0.2, 0.25) is 0 Å². The quantitative estimate of drug-likeness (QED) is 0.743. The largest absolute Gasteiger partial charge is 0.507 e. The molecule has 80 valence electrons. The molecular formula is C10H9FO4. The number of hydrogen-bond donors (Lipinski definition) is 2. The summed E-state index contributed by atoms with van der Waals surface area (Å²) in [5, 5.41) is 17.6. The molecule has 0 aromatic heterocycles. The highest BCUT2D eigenvalue weighted by atomic mass is 19.1. The van der Waals surface area contributed by atoms with E-state index in [-0.39, 0.29) is 18.4 Å².